The molecule has 0 bridgehead atoms. The summed E-state index contributed by atoms with van der Waals surface area (Å²) in [6, 6.07) is 1.12. The molecule has 1 rings (SSSR count). The van der Waals surface area contributed by atoms with Gasteiger partial charge in [0, 0.05) is 0 Å². The van der Waals surface area contributed by atoms with Crippen LogP contribution in [-0.2, 0) is 20.9 Å². The summed E-state index contributed by atoms with van der Waals surface area (Å²) in [5.74, 6) is -1.29. The first-order chi connectivity index (χ1) is 8.48. The second-order valence-corrected chi connectivity index (χ2v) is 5.23. The number of aryl methyl sites for hydroxylation is 1. The van der Waals surface area contributed by atoms with Crippen molar-refractivity contribution in [3.63, 3.8) is 0 Å². The van der Waals surface area contributed by atoms with Gasteiger partial charge in [0.15, 0.2) is 0 Å². The van der Waals surface area contributed by atoms with Crippen LogP contribution in [0, 0.1) is 6.92 Å². The van der Waals surface area contributed by atoms with Crippen molar-refractivity contribution in [2.24, 2.45) is 5.14 Å². The number of primary sulfonamides is 1. The molecule has 106 valence electrons. The van der Waals surface area contributed by atoms with Gasteiger partial charge in [-0.15, -0.1) is 0 Å². The van der Waals surface area contributed by atoms with Gasteiger partial charge in [0.05, 0.1) is 23.1 Å². The lowest BCUT2D eigenvalue weighted by atomic mass is 10.0. The second-order valence-electron chi connectivity index (χ2n) is 3.70. The van der Waals surface area contributed by atoms with Gasteiger partial charge in [-0.1, -0.05) is 0 Å². The maximum Gasteiger partial charge on any atom is 0.417 e. The minimum Gasteiger partial charge on any atom is -0.465 e. The van der Waals surface area contributed by atoms with Crippen LogP contribution in [0.25, 0.3) is 0 Å². The SMILES string of the molecule is COC(=O)c1cc(S(N)(=O)=O)c(C)cc1C(F)(F)F. The number of methoxy groups -OCH3 is 1. The number of ether oxygens (including phenoxy) is 1. The summed E-state index contributed by atoms with van der Waals surface area (Å²) >= 11 is 0. The average Bonchev–Trinajstić information content (AvgIpc) is 2.24. The molecule has 5 nitrogen and oxygen atoms in total. The Labute approximate surface area is 107 Å². The fraction of sp³-hybridized carbons (Fsp3) is 0.300. The standard InChI is InChI=1S/C10H10F3NO4S/c1-5-3-7(10(11,12)13)6(9(15)18-2)4-8(5)19(14,16)17/h3-4H,1-2H3,(H2,14,16,17). The molecule has 0 saturated carbocycles. The number of rotatable bonds is 2. The highest BCUT2D eigenvalue weighted by molar-refractivity contribution is 7.89. The third-order valence-electron chi connectivity index (χ3n) is 2.33. The van der Waals surface area contributed by atoms with E-state index in [1.165, 1.54) is 0 Å². The quantitative estimate of drug-likeness (QED) is 0.837. The Morgan fingerprint density at radius 2 is 1.84 bits per heavy atom. The molecule has 9 heteroatoms. The number of esters is 1. The van der Waals surface area contributed by atoms with E-state index < -0.39 is 38.2 Å². The molecule has 1 aromatic carbocycles. The Morgan fingerprint density at radius 1 is 1.32 bits per heavy atom. The van der Waals surface area contributed by atoms with Crippen LogP contribution >= 0.6 is 0 Å². The maximum atomic E-state index is 12.8. The lowest BCUT2D eigenvalue weighted by Crippen LogP contribution is -2.19. The molecule has 0 saturated heterocycles. The number of carbonyl (C=O) groups excluding carboxylic acids is 1. The Bertz CT molecular complexity index is 622. The van der Waals surface area contributed by atoms with Crippen molar-refractivity contribution >= 4 is 16.0 Å². The summed E-state index contributed by atoms with van der Waals surface area (Å²) in [6.45, 7) is 1.15. The molecule has 0 heterocycles. The molecule has 2 N–H and O–H groups in total. The van der Waals surface area contributed by atoms with Gasteiger partial charge in [-0.25, -0.2) is 18.4 Å². The summed E-state index contributed by atoms with van der Waals surface area (Å²) in [6.07, 6.45) is -4.81. The predicted octanol–water partition coefficient (Wildman–Crippen LogP) is 1.45. The van der Waals surface area contributed by atoms with Crippen LogP contribution in [0.3, 0.4) is 0 Å². The third kappa shape index (κ3) is 3.24. The average molecular weight is 297 g/mol. The third-order valence-corrected chi connectivity index (χ3v) is 3.39. The Morgan fingerprint density at radius 3 is 2.21 bits per heavy atom. The van der Waals surface area contributed by atoms with E-state index in [0.29, 0.717) is 12.1 Å². The number of halogens is 3. The van der Waals surface area contributed by atoms with Crippen LogP contribution in [-0.4, -0.2) is 21.5 Å². The Kier molecular flexibility index (Phi) is 3.92. The smallest absolute Gasteiger partial charge is 0.417 e. The first-order valence-corrected chi connectivity index (χ1v) is 6.36. The van der Waals surface area contributed by atoms with Gasteiger partial charge in [-0.2, -0.15) is 13.2 Å². The number of hydrogen-bond acceptors (Lipinski definition) is 4. The topological polar surface area (TPSA) is 86.5 Å². The van der Waals surface area contributed by atoms with Crippen LogP contribution in [0.15, 0.2) is 17.0 Å². The minimum absolute atomic E-state index is 0.206. The predicted molar refractivity (Wildman–Crippen MR) is 58.9 cm³/mol. The molecular formula is C10H10F3NO4S. The molecule has 1 aromatic rings. The summed E-state index contributed by atoms with van der Waals surface area (Å²) in [5.41, 5.74) is -2.38. The zero-order valence-electron chi connectivity index (χ0n) is 9.91. The van der Waals surface area contributed by atoms with Gasteiger partial charge >= 0.3 is 12.1 Å². The van der Waals surface area contributed by atoms with Gasteiger partial charge < -0.3 is 4.74 Å². The van der Waals surface area contributed by atoms with Crippen molar-refractivity contribution in [3.05, 3.63) is 28.8 Å². The summed E-state index contributed by atoms with van der Waals surface area (Å²) in [4.78, 5) is 10.8. The van der Waals surface area contributed by atoms with Gasteiger partial charge in [0.2, 0.25) is 10.0 Å². The largest absolute Gasteiger partial charge is 0.465 e. The molecular weight excluding hydrogens is 287 g/mol. The molecule has 0 aliphatic carbocycles. The fourth-order valence-electron chi connectivity index (χ4n) is 1.51. The van der Waals surface area contributed by atoms with Gasteiger partial charge in [0.25, 0.3) is 0 Å². The molecule has 0 spiro atoms. The van der Waals surface area contributed by atoms with Crippen molar-refractivity contribution < 1.29 is 31.1 Å². The number of alkyl halides is 3. The molecule has 19 heavy (non-hydrogen) atoms. The molecule has 0 amide bonds. The van der Waals surface area contributed by atoms with Crippen molar-refractivity contribution in [1.82, 2.24) is 0 Å². The van der Waals surface area contributed by atoms with E-state index in [-0.39, 0.29) is 5.56 Å². The van der Waals surface area contributed by atoms with E-state index in [1.54, 1.807) is 0 Å². The monoisotopic (exact) mass is 297 g/mol. The van der Waals surface area contributed by atoms with E-state index in [4.69, 9.17) is 5.14 Å². The van der Waals surface area contributed by atoms with E-state index in [0.717, 1.165) is 14.0 Å². The molecule has 0 aliphatic rings. The molecule has 0 unspecified atom stereocenters. The van der Waals surface area contributed by atoms with Crippen molar-refractivity contribution in [3.8, 4) is 0 Å². The molecule has 0 fully saturated rings. The minimum atomic E-state index is -4.81. The number of hydrogen-bond donors (Lipinski definition) is 1. The first kappa shape index (κ1) is 15.4. The Hall–Kier alpha value is -1.61. The van der Waals surface area contributed by atoms with Crippen molar-refractivity contribution in [1.29, 1.82) is 0 Å². The van der Waals surface area contributed by atoms with E-state index in [1.807, 2.05) is 0 Å². The maximum absolute atomic E-state index is 12.8. The highest BCUT2D eigenvalue weighted by Crippen LogP contribution is 2.34. The highest BCUT2D eigenvalue weighted by Gasteiger charge is 2.37. The van der Waals surface area contributed by atoms with Crippen molar-refractivity contribution in [2.75, 3.05) is 7.11 Å². The lowest BCUT2D eigenvalue weighted by molar-refractivity contribution is -0.138. The number of sulfonamides is 1. The van der Waals surface area contributed by atoms with Crippen LogP contribution < -0.4 is 5.14 Å². The molecule has 0 aromatic heterocycles. The van der Waals surface area contributed by atoms with Gasteiger partial charge in [-0.05, 0) is 24.6 Å². The number of benzene rings is 1. The highest BCUT2D eigenvalue weighted by atomic mass is 32.2. The van der Waals surface area contributed by atoms with E-state index in [9.17, 15) is 26.4 Å². The van der Waals surface area contributed by atoms with Crippen LogP contribution in [0.4, 0.5) is 13.2 Å². The lowest BCUT2D eigenvalue weighted by Gasteiger charge is -2.14. The summed E-state index contributed by atoms with van der Waals surface area (Å²) < 4.78 is 64.9. The van der Waals surface area contributed by atoms with Gasteiger partial charge in [0.1, 0.15) is 0 Å². The molecule has 0 radical (unpaired) electrons. The zero-order valence-corrected chi connectivity index (χ0v) is 10.7. The van der Waals surface area contributed by atoms with Crippen molar-refractivity contribution in [2.45, 2.75) is 18.0 Å². The molecule has 0 aliphatic heterocycles. The molecule has 0 atom stereocenters. The van der Waals surface area contributed by atoms with E-state index >= 15 is 0 Å². The van der Waals surface area contributed by atoms with E-state index in [2.05, 4.69) is 4.74 Å². The van der Waals surface area contributed by atoms with Gasteiger partial charge in [-0.3, -0.25) is 0 Å². The van der Waals surface area contributed by atoms with Crippen LogP contribution in [0.2, 0.25) is 0 Å². The normalized spacial score (nSPS) is 12.3. The number of carbonyl (C=O) groups is 1. The zero-order chi connectivity index (χ0) is 15.0. The summed E-state index contributed by atoms with van der Waals surface area (Å²) in [7, 11) is -3.35. The fourth-order valence-corrected chi connectivity index (χ4v) is 2.30. The van der Waals surface area contributed by atoms with Crippen LogP contribution in [0.1, 0.15) is 21.5 Å². The van der Waals surface area contributed by atoms with Crippen LogP contribution in [0.5, 0.6) is 0 Å². The number of nitrogens with two attached hydrogens (primary N) is 1. The summed E-state index contributed by atoms with van der Waals surface area (Å²) in [5, 5.41) is 4.87. The second kappa shape index (κ2) is 4.82. The Balaban J connectivity index is 3.70. The first-order valence-electron chi connectivity index (χ1n) is 4.81.